The van der Waals surface area contributed by atoms with Gasteiger partial charge in [0, 0.05) is 19.6 Å². The standard InChI is InChI=1S/C9H12N2O2/c10-4-7-3-9(12)11(5-7)8-1-2-13-6-8/h7-8H,1-3,5-6H2. The molecule has 0 aromatic heterocycles. The predicted molar refractivity (Wildman–Crippen MR) is 44.7 cm³/mol. The molecule has 0 radical (unpaired) electrons. The summed E-state index contributed by atoms with van der Waals surface area (Å²) in [5.74, 6) is 0.00940. The van der Waals surface area contributed by atoms with Crippen molar-refractivity contribution in [3.63, 3.8) is 0 Å². The molecule has 4 heteroatoms. The lowest BCUT2D eigenvalue weighted by Crippen LogP contribution is -2.36. The van der Waals surface area contributed by atoms with Gasteiger partial charge in [0.05, 0.1) is 24.6 Å². The number of carbonyl (C=O) groups is 1. The van der Waals surface area contributed by atoms with E-state index in [1.54, 1.807) is 4.90 Å². The van der Waals surface area contributed by atoms with Gasteiger partial charge in [0.25, 0.3) is 0 Å². The molecule has 0 bridgehead atoms. The van der Waals surface area contributed by atoms with E-state index in [0.717, 1.165) is 13.0 Å². The van der Waals surface area contributed by atoms with E-state index < -0.39 is 0 Å². The van der Waals surface area contributed by atoms with Crippen LogP contribution in [-0.2, 0) is 9.53 Å². The molecule has 0 N–H and O–H groups in total. The lowest BCUT2D eigenvalue weighted by Gasteiger charge is -2.21. The first-order valence-electron chi connectivity index (χ1n) is 4.58. The quantitative estimate of drug-likeness (QED) is 0.577. The number of nitrogens with zero attached hydrogens (tertiary/aromatic N) is 2. The van der Waals surface area contributed by atoms with Crippen molar-refractivity contribution in [1.29, 1.82) is 5.26 Å². The van der Waals surface area contributed by atoms with Crippen LogP contribution in [0, 0.1) is 17.2 Å². The lowest BCUT2D eigenvalue weighted by molar-refractivity contribution is -0.129. The van der Waals surface area contributed by atoms with Crippen LogP contribution in [0.25, 0.3) is 0 Å². The lowest BCUT2D eigenvalue weighted by atomic mass is 10.1. The number of rotatable bonds is 1. The van der Waals surface area contributed by atoms with E-state index in [2.05, 4.69) is 6.07 Å². The maximum atomic E-state index is 11.4. The number of carbonyl (C=O) groups excluding carboxylic acids is 1. The van der Waals surface area contributed by atoms with Crippen LogP contribution in [0.5, 0.6) is 0 Å². The number of likely N-dealkylation sites (tertiary alicyclic amines) is 1. The zero-order valence-electron chi connectivity index (χ0n) is 7.40. The average molecular weight is 180 g/mol. The van der Waals surface area contributed by atoms with Gasteiger partial charge >= 0.3 is 0 Å². The molecule has 0 spiro atoms. The Kier molecular flexibility index (Phi) is 2.19. The predicted octanol–water partition coefficient (Wildman–Crippen LogP) is 0.147. The minimum absolute atomic E-state index is 0.104. The van der Waals surface area contributed by atoms with E-state index in [9.17, 15) is 4.79 Å². The van der Waals surface area contributed by atoms with E-state index in [-0.39, 0.29) is 17.9 Å². The highest BCUT2D eigenvalue weighted by molar-refractivity contribution is 5.79. The molecule has 2 fully saturated rings. The van der Waals surface area contributed by atoms with Crippen molar-refractivity contribution < 1.29 is 9.53 Å². The SMILES string of the molecule is N#CC1CC(=O)N(C2CCOC2)C1. The summed E-state index contributed by atoms with van der Waals surface area (Å²) in [6.07, 6.45) is 1.32. The molecule has 1 amide bonds. The summed E-state index contributed by atoms with van der Waals surface area (Å²) in [5.41, 5.74) is 0. The normalized spacial score (nSPS) is 33.8. The third-order valence-corrected chi connectivity index (χ3v) is 2.69. The average Bonchev–Trinajstić information content (AvgIpc) is 2.72. The van der Waals surface area contributed by atoms with Crippen LogP contribution in [0.2, 0.25) is 0 Å². The summed E-state index contributed by atoms with van der Waals surface area (Å²) < 4.78 is 5.21. The van der Waals surface area contributed by atoms with Crippen LogP contribution in [0.15, 0.2) is 0 Å². The highest BCUT2D eigenvalue weighted by Gasteiger charge is 2.35. The summed E-state index contributed by atoms with van der Waals surface area (Å²) in [6, 6.07) is 2.37. The highest BCUT2D eigenvalue weighted by Crippen LogP contribution is 2.23. The number of ether oxygens (including phenoxy) is 1. The van der Waals surface area contributed by atoms with Crippen LogP contribution in [0.4, 0.5) is 0 Å². The fraction of sp³-hybridized carbons (Fsp3) is 0.778. The van der Waals surface area contributed by atoms with Gasteiger partial charge in [0.15, 0.2) is 0 Å². The molecule has 13 heavy (non-hydrogen) atoms. The summed E-state index contributed by atoms with van der Waals surface area (Å²) in [6.45, 7) is 1.99. The Bertz CT molecular complexity index is 253. The molecule has 0 aliphatic carbocycles. The topological polar surface area (TPSA) is 53.3 Å². The Hall–Kier alpha value is -1.08. The smallest absolute Gasteiger partial charge is 0.224 e. The number of amides is 1. The van der Waals surface area contributed by atoms with Crippen molar-refractivity contribution in [3.8, 4) is 6.07 Å². The highest BCUT2D eigenvalue weighted by atomic mass is 16.5. The Morgan fingerprint density at radius 2 is 2.46 bits per heavy atom. The van der Waals surface area contributed by atoms with Gasteiger partial charge in [-0.05, 0) is 6.42 Å². The molecule has 2 rings (SSSR count). The van der Waals surface area contributed by atoms with Crippen molar-refractivity contribution in [2.24, 2.45) is 5.92 Å². The molecule has 70 valence electrons. The van der Waals surface area contributed by atoms with Crippen molar-refractivity contribution >= 4 is 5.91 Å². The van der Waals surface area contributed by atoms with E-state index in [1.165, 1.54) is 0 Å². The summed E-state index contributed by atoms with van der Waals surface area (Å²) in [4.78, 5) is 13.3. The third-order valence-electron chi connectivity index (χ3n) is 2.69. The summed E-state index contributed by atoms with van der Waals surface area (Å²) >= 11 is 0. The molecule has 4 nitrogen and oxygen atoms in total. The molecule has 0 saturated carbocycles. The monoisotopic (exact) mass is 180 g/mol. The molecule has 2 saturated heterocycles. The van der Waals surface area contributed by atoms with Gasteiger partial charge in [-0.1, -0.05) is 0 Å². The van der Waals surface area contributed by atoms with E-state index in [4.69, 9.17) is 10.00 Å². The second kappa shape index (κ2) is 3.35. The number of hydrogen-bond acceptors (Lipinski definition) is 3. The van der Waals surface area contributed by atoms with E-state index >= 15 is 0 Å². The molecule has 2 atom stereocenters. The molecule has 0 aromatic rings. The van der Waals surface area contributed by atoms with Gasteiger partial charge < -0.3 is 9.64 Å². The maximum Gasteiger partial charge on any atom is 0.224 e. The van der Waals surface area contributed by atoms with Crippen LogP contribution in [0.1, 0.15) is 12.8 Å². The zero-order chi connectivity index (χ0) is 9.26. The van der Waals surface area contributed by atoms with Gasteiger partial charge in [-0.25, -0.2) is 0 Å². The van der Waals surface area contributed by atoms with Crippen LogP contribution >= 0.6 is 0 Å². The fourth-order valence-electron chi connectivity index (χ4n) is 1.94. The first-order valence-corrected chi connectivity index (χ1v) is 4.58. The summed E-state index contributed by atoms with van der Waals surface area (Å²) in [5, 5.41) is 8.68. The Morgan fingerprint density at radius 3 is 3.00 bits per heavy atom. The maximum absolute atomic E-state index is 11.4. The fourth-order valence-corrected chi connectivity index (χ4v) is 1.94. The molecular formula is C9H12N2O2. The third kappa shape index (κ3) is 1.52. The van der Waals surface area contributed by atoms with Gasteiger partial charge in [-0.15, -0.1) is 0 Å². The van der Waals surface area contributed by atoms with Gasteiger partial charge in [-0.3, -0.25) is 4.79 Å². The molecular weight excluding hydrogens is 168 g/mol. The second-order valence-electron chi connectivity index (χ2n) is 3.59. The number of nitriles is 1. The zero-order valence-corrected chi connectivity index (χ0v) is 7.40. The van der Waals surface area contributed by atoms with E-state index in [1.807, 2.05) is 0 Å². The molecule has 2 aliphatic heterocycles. The second-order valence-corrected chi connectivity index (χ2v) is 3.59. The van der Waals surface area contributed by atoms with Crippen molar-refractivity contribution in [3.05, 3.63) is 0 Å². The molecule has 2 unspecified atom stereocenters. The van der Waals surface area contributed by atoms with Gasteiger partial charge in [0.1, 0.15) is 0 Å². The van der Waals surface area contributed by atoms with Crippen molar-refractivity contribution in [2.75, 3.05) is 19.8 Å². The minimum atomic E-state index is -0.104. The first kappa shape index (κ1) is 8.52. The molecule has 2 aliphatic rings. The van der Waals surface area contributed by atoms with Gasteiger partial charge in [-0.2, -0.15) is 5.26 Å². The largest absolute Gasteiger partial charge is 0.379 e. The minimum Gasteiger partial charge on any atom is -0.379 e. The first-order chi connectivity index (χ1) is 6.31. The van der Waals surface area contributed by atoms with Crippen LogP contribution < -0.4 is 0 Å². The van der Waals surface area contributed by atoms with Crippen molar-refractivity contribution in [2.45, 2.75) is 18.9 Å². The Balaban J connectivity index is 2.00. The Labute approximate surface area is 77.1 Å². The molecule has 2 heterocycles. The van der Waals surface area contributed by atoms with Crippen molar-refractivity contribution in [1.82, 2.24) is 4.90 Å². The summed E-state index contributed by atoms with van der Waals surface area (Å²) in [7, 11) is 0. The van der Waals surface area contributed by atoms with Crippen LogP contribution in [-0.4, -0.2) is 36.6 Å². The number of hydrogen-bond donors (Lipinski definition) is 0. The van der Waals surface area contributed by atoms with E-state index in [0.29, 0.717) is 19.6 Å². The van der Waals surface area contributed by atoms with Gasteiger partial charge in [0.2, 0.25) is 5.91 Å². The van der Waals surface area contributed by atoms with Crippen LogP contribution in [0.3, 0.4) is 0 Å². The molecule has 0 aromatic carbocycles. The Morgan fingerprint density at radius 1 is 1.62 bits per heavy atom.